The summed E-state index contributed by atoms with van der Waals surface area (Å²) in [6.07, 6.45) is 9.53. The van der Waals surface area contributed by atoms with Crippen molar-refractivity contribution in [2.75, 3.05) is 28.4 Å². The van der Waals surface area contributed by atoms with Crippen molar-refractivity contribution in [2.24, 2.45) is 11.8 Å². The average Bonchev–Trinajstić information content (AvgIpc) is 2.93. The molecule has 0 radical (unpaired) electrons. The number of esters is 4. The fourth-order valence-corrected chi connectivity index (χ4v) is 5.47. The summed E-state index contributed by atoms with van der Waals surface area (Å²) >= 11 is 0. The lowest BCUT2D eigenvalue weighted by Gasteiger charge is -2.27. The van der Waals surface area contributed by atoms with Crippen LogP contribution in [0.4, 0.5) is 0 Å². The van der Waals surface area contributed by atoms with Crippen molar-refractivity contribution in [2.45, 2.75) is 78.1 Å². The first kappa shape index (κ1) is 29.3. The lowest BCUT2D eigenvalue weighted by molar-refractivity contribution is -0.141. The average molecular weight is 505 g/mol. The van der Waals surface area contributed by atoms with Crippen LogP contribution in [0.25, 0.3) is 0 Å². The van der Waals surface area contributed by atoms with Gasteiger partial charge in [-0.3, -0.25) is 0 Å². The Bertz CT molecular complexity index is 865. The van der Waals surface area contributed by atoms with E-state index in [1.807, 2.05) is 0 Å². The molecule has 2 aliphatic carbocycles. The lowest BCUT2D eigenvalue weighted by Crippen LogP contribution is -2.27. The fourth-order valence-electron chi connectivity index (χ4n) is 5.47. The minimum atomic E-state index is -0.927. The maximum absolute atomic E-state index is 13.3. The van der Waals surface area contributed by atoms with Crippen molar-refractivity contribution in [1.82, 2.24) is 0 Å². The van der Waals surface area contributed by atoms with Crippen LogP contribution in [0.15, 0.2) is 33.4 Å². The molecule has 0 aromatic heterocycles. The highest BCUT2D eigenvalue weighted by Gasteiger charge is 2.38. The van der Waals surface area contributed by atoms with Gasteiger partial charge in [0.15, 0.2) is 0 Å². The molecule has 0 unspecified atom stereocenters. The number of carbonyl (C=O) groups excluding carboxylic acids is 4. The number of ether oxygens (including phenoxy) is 4. The normalized spacial score (nSPS) is 19.3. The van der Waals surface area contributed by atoms with Crippen molar-refractivity contribution >= 4 is 23.9 Å². The van der Waals surface area contributed by atoms with E-state index in [2.05, 4.69) is 0 Å². The highest BCUT2D eigenvalue weighted by Crippen LogP contribution is 2.38. The topological polar surface area (TPSA) is 105 Å². The van der Waals surface area contributed by atoms with Gasteiger partial charge in [0.05, 0.1) is 50.7 Å². The van der Waals surface area contributed by atoms with Gasteiger partial charge in [0.1, 0.15) is 0 Å². The van der Waals surface area contributed by atoms with Crippen LogP contribution in [0, 0.1) is 11.8 Å². The van der Waals surface area contributed by atoms with Gasteiger partial charge in [-0.05, 0) is 51.4 Å². The lowest BCUT2D eigenvalue weighted by atomic mass is 9.78. The van der Waals surface area contributed by atoms with E-state index in [-0.39, 0.29) is 34.1 Å². The molecule has 0 heterocycles. The summed E-state index contributed by atoms with van der Waals surface area (Å²) in [7, 11) is 4.76. The summed E-state index contributed by atoms with van der Waals surface area (Å²) in [5.41, 5.74) is 0.486. The predicted octanol–water partition coefficient (Wildman–Crippen LogP) is 4.77. The molecule has 0 atom stereocenters. The van der Waals surface area contributed by atoms with Gasteiger partial charge in [0.25, 0.3) is 0 Å². The molecule has 36 heavy (non-hydrogen) atoms. The molecule has 2 fully saturated rings. The van der Waals surface area contributed by atoms with Gasteiger partial charge < -0.3 is 18.9 Å². The molecule has 0 aromatic carbocycles. The van der Waals surface area contributed by atoms with E-state index in [9.17, 15) is 19.2 Å². The second kappa shape index (κ2) is 14.0. The molecule has 0 amide bonds. The Kier molecular flexibility index (Phi) is 11.4. The molecule has 0 aliphatic heterocycles. The van der Waals surface area contributed by atoms with Crippen molar-refractivity contribution in [3.8, 4) is 0 Å². The standard InChI is InChI=1S/C28H40O8/c1-17(19-13-9-7-10-14-19)21(25(29)33-3)23(27(31)35-5)24(28(32)36-6)22(26(30)34-4)18(2)20-15-11-8-12-16-20/h19-20H,7-16H2,1-6H3/b21-17-,22-18-,24-23-. The number of rotatable bonds is 8. The Morgan fingerprint density at radius 1 is 0.444 bits per heavy atom. The van der Waals surface area contributed by atoms with Gasteiger partial charge in [-0.15, -0.1) is 0 Å². The molecule has 8 nitrogen and oxygen atoms in total. The van der Waals surface area contributed by atoms with Crippen LogP contribution < -0.4 is 0 Å². The van der Waals surface area contributed by atoms with E-state index in [0.29, 0.717) is 11.1 Å². The first-order chi connectivity index (χ1) is 17.2. The molecule has 2 aliphatic rings. The minimum Gasteiger partial charge on any atom is -0.465 e. The zero-order chi connectivity index (χ0) is 26.8. The second-order valence-corrected chi connectivity index (χ2v) is 9.50. The predicted molar refractivity (Wildman–Crippen MR) is 134 cm³/mol. The summed E-state index contributed by atoms with van der Waals surface area (Å²) in [4.78, 5) is 53.1. The molecular weight excluding hydrogens is 464 g/mol. The Morgan fingerprint density at radius 3 is 0.944 bits per heavy atom. The molecule has 2 rings (SSSR count). The molecule has 200 valence electrons. The van der Waals surface area contributed by atoms with Gasteiger partial charge in [-0.2, -0.15) is 0 Å². The van der Waals surface area contributed by atoms with Gasteiger partial charge in [0.2, 0.25) is 0 Å². The third-order valence-corrected chi connectivity index (χ3v) is 7.53. The summed E-state index contributed by atoms with van der Waals surface area (Å²) in [6, 6.07) is 0. The first-order valence-electron chi connectivity index (χ1n) is 12.7. The molecule has 0 spiro atoms. The van der Waals surface area contributed by atoms with E-state index < -0.39 is 23.9 Å². The van der Waals surface area contributed by atoms with Gasteiger partial charge in [-0.1, -0.05) is 49.7 Å². The molecule has 0 aromatic rings. The number of carbonyl (C=O) groups is 4. The van der Waals surface area contributed by atoms with E-state index in [1.54, 1.807) is 13.8 Å². The van der Waals surface area contributed by atoms with Crippen molar-refractivity contribution in [1.29, 1.82) is 0 Å². The SMILES string of the molecule is COC(=O)C(=C(C(=O)OC)/C(C(=O)OC)=C(\C)C1CCCCC1)/C(C(=O)OC)=C(\C)C1CCCCC1. The smallest absolute Gasteiger partial charge is 0.339 e. The van der Waals surface area contributed by atoms with E-state index in [4.69, 9.17) is 18.9 Å². The van der Waals surface area contributed by atoms with Crippen LogP contribution in [0.2, 0.25) is 0 Å². The van der Waals surface area contributed by atoms with Crippen LogP contribution in [-0.2, 0) is 38.1 Å². The third-order valence-electron chi connectivity index (χ3n) is 7.53. The van der Waals surface area contributed by atoms with Crippen molar-refractivity contribution in [3.63, 3.8) is 0 Å². The zero-order valence-corrected chi connectivity index (χ0v) is 22.5. The summed E-state index contributed by atoms with van der Waals surface area (Å²) in [5.74, 6) is -3.36. The monoisotopic (exact) mass is 504 g/mol. The van der Waals surface area contributed by atoms with E-state index in [0.717, 1.165) is 78.4 Å². The number of methoxy groups -OCH3 is 4. The second-order valence-electron chi connectivity index (χ2n) is 9.50. The van der Waals surface area contributed by atoms with Crippen LogP contribution in [0.3, 0.4) is 0 Å². The van der Waals surface area contributed by atoms with E-state index in [1.165, 1.54) is 14.2 Å². The summed E-state index contributed by atoms with van der Waals surface area (Å²) in [5, 5.41) is 0. The van der Waals surface area contributed by atoms with Crippen LogP contribution in [0.1, 0.15) is 78.1 Å². The molecule has 0 bridgehead atoms. The van der Waals surface area contributed by atoms with E-state index >= 15 is 0 Å². The quantitative estimate of drug-likeness (QED) is 0.201. The summed E-state index contributed by atoms with van der Waals surface area (Å²) < 4.78 is 20.3. The highest BCUT2D eigenvalue weighted by atomic mass is 16.5. The van der Waals surface area contributed by atoms with Crippen molar-refractivity contribution in [3.05, 3.63) is 33.4 Å². The molecule has 0 N–H and O–H groups in total. The molecule has 2 saturated carbocycles. The van der Waals surface area contributed by atoms with Crippen LogP contribution >= 0.6 is 0 Å². The van der Waals surface area contributed by atoms with Gasteiger partial charge in [0, 0.05) is 0 Å². The minimum absolute atomic E-state index is 0.0244. The third kappa shape index (κ3) is 6.65. The number of allylic oxidation sites excluding steroid dienone is 2. The summed E-state index contributed by atoms with van der Waals surface area (Å²) in [6.45, 7) is 3.55. The Labute approximate surface area is 214 Å². The zero-order valence-electron chi connectivity index (χ0n) is 22.5. The van der Waals surface area contributed by atoms with Gasteiger partial charge >= 0.3 is 23.9 Å². The molecular formula is C28H40O8. The van der Waals surface area contributed by atoms with Crippen LogP contribution in [0.5, 0.6) is 0 Å². The number of hydrogen-bond acceptors (Lipinski definition) is 8. The fraction of sp³-hybridized carbons (Fsp3) is 0.643. The Morgan fingerprint density at radius 2 is 0.694 bits per heavy atom. The Hall–Kier alpha value is -2.90. The number of hydrogen-bond donors (Lipinski definition) is 0. The first-order valence-corrected chi connectivity index (χ1v) is 12.7. The van der Waals surface area contributed by atoms with Crippen LogP contribution in [-0.4, -0.2) is 52.3 Å². The maximum atomic E-state index is 13.3. The van der Waals surface area contributed by atoms with Crippen molar-refractivity contribution < 1.29 is 38.1 Å². The molecule has 0 saturated heterocycles. The largest absolute Gasteiger partial charge is 0.465 e. The maximum Gasteiger partial charge on any atom is 0.339 e. The van der Waals surface area contributed by atoms with Gasteiger partial charge in [-0.25, -0.2) is 19.2 Å². The Balaban J connectivity index is 3.01. The highest BCUT2D eigenvalue weighted by molar-refractivity contribution is 6.18. The molecule has 8 heteroatoms.